The Labute approximate surface area is 182 Å². The molecule has 1 aromatic heterocycles. The maximum atomic E-state index is 12.0. The van der Waals surface area contributed by atoms with Gasteiger partial charge < -0.3 is 20.1 Å². The number of carbonyl (C=O) groups is 1. The van der Waals surface area contributed by atoms with Crippen LogP contribution in [-0.4, -0.2) is 50.3 Å². The Morgan fingerprint density at radius 3 is 2.73 bits per heavy atom. The topological polar surface area (TPSA) is 84.8 Å². The summed E-state index contributed by atoms with van der Waals surface area (Å²) >= 11 is 1.35. The van der Waals surface area contributed by atoms with Crippen LogP contribution in [0.5, 0.6) is 0 Å². The summed E-state index contributed by atoms with van der Waals surface area (Å²) in [5, 5.41) is 7.42. The minimum atomic E-state index is -0.319. The molecule has 2 rings (SSSR count). The number of thiazole rings is 1. The molecular formula is C22H32N4O3S. The molecule has 164 valence electrons. The normalized spacial score (nSPS) is 12.5. The molecule has 1 aromatic carbocycles. The molecule has 2 N–H and O–H groups in total. The van der Waals surface area contributed by atoms with Crippen LogP contribution in [0.15, 0.2) is 35.3 Å². The zero-order valence-electron chi connectivity index (χ0n) is 18.2. The molecule has 8 heteroatoms. The molecule has 0 saturated heterocycles. The second kappa shape index (κ2) is 13.0. The van der Waals surface area contributed by atoms with Gasteiger partial charge in [-0.3, -0.25) is 4.99 Å². The van der Waals surface area contributed by atoms with E-state index in [2.05, 4.69) is 32.7 Å². The van der Waals surface area contributed by atoms with Crippen LogP contribution in [0.4, 0.5) is 0 Å². The number of nitrogens with zero attached hydrogens (tertiary/aromatic N) is 2. The third kappa shape index (κ3) is 7.76. The summed E-state index contributed by atoms with van der Waals surface area (Å²) in [6.45, 7) is 8.13. The molecule has 0 aliphatic rings. The molecule has 2 aromatic rings. The van der Waals surface area contributed by atoms with Gasteiger partial charge in [0.2, 0.25) is 0 Å². The number of benzene rings is 1. The minimum absolute atomic E-state index is 0.0785. The van der Waals surface area contributed by atoms with Gasteiger partial charge in [-0.05, 0) is 39.2 Å². The molecule has 0 aliphatic carbocycles. The first-order valence-corrected chi connectivity index (χ1v) is 11.1. The molecule has 30 heavy (non-hydrogen) atoms. The quantitative estimate of drug-likeness (QED) is 0.245. The molecule has 0 amide bonds. The fourth-order valence-corrected chi connectivity index (χ4v) is 3.73. The summed E-state index contributed by atoms with van der Waals surface area (Å²) in [7, 11) is 1.73. The van der Waals surface area contributed by atoms with Crippen LogP contribution in [0.2, 0.25) is 0 Å². The molecule has 0 radical (unpaired) electrons. The maximum Gasteiger partial charge on any atom is 0.350 e. The zero-order chi connectivity index (χ0) is 21.8. The van der Waals surface area contributed by atoms with Gasteiger partial charge in [0.1, 0.15) is 9.88 Å². The zero-order valence-corrected chi connectivity index (χ0v) is 19.1. The Hall–Kier alpha value is -2.45. The van der Waals surface area contributed by atoms with E-state index in [9.17, 15) is 4.79 Å². The lowest BCUT2D eigenvalue weighted by atomic mass is 10.2. The Morgan fingerprint density at radius 2 is 2.03 bits per heavy atom. The van der Waals surface area contributed by atoms with Gasteiger partial charge in [-0.15, -0.1) is 11.3 Å². The lowest BCUT2D eigenvalue weighted by Crippen LogP contribution is -2.39. The molecule has 7 nitrogen and oxygen atoms in total. The second-order valence-corrected chi connectivity index (χ2v) is 7.78. The Kier molecular flexibility index (Phi) is 10.3. The monoisotopic (exact) mass is 432 g/mol. The highest BCUT2D eigenvalue weighted by molar-refractivity contribution is 7.13. The lowest BCUT2D eigenvalue weighted by Gasteiger charge is -2.16. The lowest BCUT2D eigenvalue weighted by molar-refractivity contribution is 0.0531. The first-order chi connectivity index (χ1) is 14.5. The van der Waals surface area contributed by atoms with Crippen molar-refractivity contribution in [3.8, 4) is 0 Å². The van der Waals surface area contributed by atoms with Crippen molar-refractivity contribution in [2.24, 2.45) is 4.99 Å². The van der Waals surface area contributed by atoms with Crippen molar-refractivity contribution in [1.82, 2.24) is 15.6 Å². The molecule has 1 heterocycles. The van der Waals surface area contributed by atoms with E-state index >= 15 is 0 Å². The standard InChI is InChI=1S/C22H32N4O3S/c1-5-29-21(27)19-16(2)25-20(30-19)17(3)26-22(23-4)24-13-9-14-28-15-12-18-10-7-6-8-11-18/h6-8,10-11,17H,5,9,12-15H2,1-4H3,(H2,23,24,26). The van der Waals surface area contributed by atoms with Gasteiger partial charge in [0.15, 0.2) is 5.96 Å². The van der Waals surface area contributed by atoms with E-state index in [0.717, 1.165) is 31.0 Å². The van der Waals surface area contributed by atoms with Gasteiger partial charge >= 0.3 is 5.97 Å². The highest BCUT2D eigenvalue weighted by atomic mass is 32.1. The molecule has 0 fully saturated rings. The number of hydrogen-bond acceptors (Lipinski definition) is 6. The van der Waals surface area contributed by atoms with Crippen LogP contribution in [0.25, 0.3) is 0 Å². The summed E-state index contributed by atoms with van der Waals surface area (Å²) in [5.74, 6) is 0.373. The third-order valence-corrected chi connectivity index (χ3v) is 5.68. The molecule has 1 atom stereocenters. The van der Waals surface area contributed by atoms with Gasteiger partial charge in [0.25, 0.3) is 0 Å². The van der Waals surface area contributed by atoms with Gasteiger partial charge in [-0.1, -0.05) is 30.3 Å². The van der Waals surface area contributed by atoms with Crippen LogP contribution in [0.3, 0.4) is 0 Å². The highest BCUT2D eigenvalue weighted by Gasteiger charge is 2.20. The number of nitrogens with one attached hydrogen (secondary N) is 2. The first-order valence-electron chi connectivity index (χ1n) is 10.3. The minimum Gasteiger partial charge on any atom is -0.462 e. The molecule has 0 bridgehead atoms. The highest BCUT2D eigenvalue weighted by Crippen LogP contribution is 2.24. The first kappa shape index (κ1) is 23.8. The number of carbonyl (C=O) groups excluding carboxylic acids is 1. The summed E-state index contributed by atoms with van der Waals surface area (Å²) in [4.78, 5) is 21.3. The number of ether oxygens (including phenoxy) is 2. The van der Waals surface area contributed by atoms with Crippen molar-refractivity contribution in [1.29, 1.82) is 0 Å². The number of esters is 1. The number of hydrogen-bond donors (Lipinski definition) is 2. The number of guanidine groups is 1. The SMILES string of the molecule is CCOC(=O)c1sc(C(C)NC(=NC)NCCCOCCc2ccccc2)nc1C. The summed E-state index contributed by atoms with van der Waals surface area (Å²) in [6, 6.07) is 10.3. The molecule has 0 aliphatic heterocycles. The maximum absolute atomic E-state index is 12.0. The fraction of sp³-hybridized carbons (Fsp3) is 0.500. The summed E-state index contributed by atoms with van der Waals surface area (Å²) in [6.07, 6.45) is 1.81. The number of aromatic nitrogens is 1. The molecule has 0 spiro atoms. The van der Waals surface area contributed by atoms with Gasteiger partial charge in [0.05, 0.1) is 24.9 Å². The van der Waals surface area contributed by atoms with E-state index in [1.807, 2.05) is 32.0 Å². The Balaban J connectivity index is 1.69. The predicted octanol–water partition coefficient (Wildman–Crippen LogP) is 3.50. The third-order valence-electron chi connectivity index (χ3n) is 4.36. The van der Waals surface area contributed by atoms with Crippen LogP contribution in [-0.2, 0) is 15.9 Å². The van der Waals surface area contributed by atoms with Crippen molar-refractivity contribution < 1.29 is 14.3 Å². The van der Waals surface area contributed by atoms with Gasteiger partial charge in [0, 0.05) is 20.2 Å². The number of aryl methyl sites for hydroxylation is 1. The van der Waals surface area contributed by atoms with Crippen molar-refractivity contribution in [2.45, 2.75) is 39.7 Å². The second-order valence-electron chi connectivity index (χ2n) is 6.75. The van der Waals surface area contributed by atoms with E-state index in [0.29, 0.717) is 29.7 Å². The van der Waals surface area contributed by atoms with Crippen molar-refractivity contribution in [3.05, 3.63) is 51.5 Å². The average molecular weight is 433 g/mol. The van der Waals surface area contributed by atoms with E-state index < -0.39 is 0 Å². The van der Waals surface area contributed by atoms with E-state index in [4.69, 9.17) is 9.47 Å². The van der Waals surface area contributed by atoms with Crippen LogP contribution >= 0.6 is 11.3 Å². The van der Waals surface area contributed by atoms with Gasteiger partial charge in [-0.2, -0.15) is 0 Å². The molecule has 0 saturated carbocycles. The van der Waals surface area contributed by atoms with E-state index in [1.165, 1.54) is 16.9 Å². The number of rotatable bonds is 11. The Bertz CT molecular complexity index is 808. The van der Waals surface area contributed by atoms with E-state index in [-0.39, 0.29) is 12.0 Å². The summed E-state index contributed by atoms with van der Waals surface area (Å²) in [5.41, 5.74) is 1.98. The van der Waals surface area contributed by atoms with Crippen molar-refractivity contribution in [3.63, 3.8) is 0 Å². The summed E-state index contributed by atoms with van der Waals surface area (Å²) < 4.78 is 10.8. The van der Waals surface area contributed by atoms with Crippen molar-refractivity contribution in [2.75, 3.05) is 33.4 Å². The van der Waals surface area contributed by atoms with E-state index in [1.54, 1.807) is 14.0 Å². The van der Waals surface area contributed by atoms with Crippen LogP contribution in [0, 0.1) is 6.92 Å². The van der Waals surface area contributed by atoms with Crippen LogP contribution in [0.1, 0.15) is 52.2 Å². The smallest absolute Gasteiger partial charge is 0.350 e. The largest absolute Gasteiger partial charge is 0.462 e. The molecule has 1 unspecified atom stereocenters. The predicted molar refractivity (Wildman–Crippen MR) is 121 cm³/mol. The fourth-order valence-electron chi connectivity index (χ4n) is 2.77. The van der Waals surface area contributed by atoms with Crippen LogP contribution < -0.4 is 10.6 Å². The molecular weight excluding hydrogens is 400 g/mol. The Morgan fingerprint density at radius 1 is 1.27 bits per heavy atom. The average Bonchev–Trinajstić information content (AvgIpc) is 3.15. The van der Waals surface area contributed by atoms with Crippen molar-refractivity contribution >= 4 is 23.3 Å². The number of aliphatic imine (C=N–C) groups is 1. The van der Waals surface area contributed by atoms with Gasteiger partial charge in [-0.25, -0.2) is 9.78 Å².